The van der Waals surface area contributed by atoms with Crippen LogP contribution in [0.5, 0.6) is 0 Å². The second-order valence-electron chi connectivity index (χ2n) is 3.83. The summed E-state index contributed by atoms with van der Waals surface area (Å²) in [6.45, 7) is 9.87. The number of hydrogen-bond donors (Lipinski definition) is 1. The van der Waals surface area contributed by atoms with Crippen LogP contribution in [0.15, 0.2) is 0 Å². The van der Waals surface area contributed by atoms with Crippen molar-refractivity contribution in [2.45, 2.75) is 52.5 Å². The lowest BCUT2D eigenvalue weighted by molar-refractivity contribution is 0.297. The van der Waals surface area contributed by atoms with Crippen molar-refractivity contribution in [1.82, 2.24) is 10.2 Å². The SMILES string of the molecule is CC.CCN(C)CCC1CCCCN1. The first-order valence-corrected chi connectivity index (χ1v) is 6.25. The van der Waals surface area contributed by atoms with E-state index < -0.39 is 0 Å². The first-order valence-electron chi connectivity index (χ1n) is 6.25. The Morgan fingerprint density at radius 2 is 2.00 bits per heavy atom. The fraction of sp³-hybridized carbons (Fsp3) is 1.00. The summed E-state index contributed by atoms with van der Waals surface area (Å²) >= 11 is 0. The fourth-order valence-electron chi connectivity index (χ4n) is 1.70. The molecule has 1 unspecified atom stereocenters. The highest BCUT2D eigenvalue weighted by Crippen LogP contribution is 2.09. The molecular weight excluding hydrogens is 172 g/mol. The summed E-state index contributed by atoms with van der Waals surface area (Å²) in [6.07, 6.45) is 5.51. The molecule has 0 radical (unpaired) electrons. The monoisotopic (exact) mass is 200 g/mol. The van der Waals surface area contributed by atoms with Gasteiger partial charge in [-0.2, -0.15) is 0 Å². The molecule has 1 aliphatic heterocycles. The van der Waals surface area contributed by atoms with Gasteiger partial charge in [0, 0.05) is 6.04 Å². The molecule has 0 saturated carbocycles. The van der Waals surface area contributed by atoms with E-state index in [1.165, 1.54) is 45.3 Å². The summed E-state index contributed by atoms with van der Waals surface area (Å²) in [5.41, 5.74) is 0. The third kappa shape index (κ3) is 6.39. The average Bonchev–Trinajstić information content (AvgIpc) is 2.30. The molecule has 2 heteroatoms. The van der Waals surface area contributed by atoms with Crippen LogP contribution >= 0.6 is 0 Å². The third-order valence-electron chi connectivity index (χ3n) is 2.81. The molecular formula is C12H28N2. The standard InChI is InChI=1S/C10H22N2.C2H6/c1-3-12(2)9-7-10-6-4-5-8-11-10;1-2/h10-11H,3-9H2,1-2H3;1-2H3. The van der Waals surface area contributed by atoms with E-state index in [2.05, 4.69) is 24.2 Å². The molecule has 0 aliphatic carbocycles. The van der Waals surface area contributed by atoms with Crippen molar-refractivity contribution in [2.24, 2.45) is 0 Å². The number of rotatable bonds is 4. The Labute approximate surface area is 90.1 Å². The van der Waals surface area contributed by atoms with Crippen molar-refractivity contribution in [1.29, 1.82) is 0 Å². The molecule has 0 aromatic heterocycles. The third-order valence-corrected chi connectivity index (χ3v) is 2.81. The smallest absolute Gasteiger partial charge is 0.00792 e. The van der Waals surface area contributed by atoms with Gasteiger partial charge in [-0.15, -0.1) is 0 Å². The van der Waals surface area contributed by atoms with Crippen LogP contribution in [-0.4, -0.2) is 37.6 Å². The van der Waals surface area contributed by atoms with Gasteiger partial charge in [-0.3, -0.25) is 0 Å². The van der Waals surface area contributed by atoms with Crippen molar-refractivity contribution >= 4 is 0 Å². The summed E-state index contributed by atoms with van der Waals surface area (Å²) in [7, 11) is 2.20. The maximum Gasteiger partial charge on any atom is 0.00792 e. The zero-order chi connectivity index (χ0) is 10.8. The summed E-state index contributed by atoms with van der Waals surface area (Å²) in [5, 5.41) is 3.57. The van der Waals surface area contributed by atoms with Gasteiger partial charge >= 0.3 is 0 Å². The number of nitrogens with one attached hydrogen (secondary N) is 1. The first kappa shape index (κ1) is 13.9. The topological polar surface area (TPSA) is 15.3 Å². The van der Waals surface area contributed by atoms with Gasteiger partial charge in [0.25, 0.3) is 0 Å². The normalized spacial score (nSPS) is 21.6. The molecule has 0 spiro atoms. The maximum absolute atomic E-state index is 3.57. The molecule has 1 rings (SSSR count). The predicted octanol–water partition coefficient (Wildman–Crippen LogP) is 2.50. The minimum absolute atomic E-state index is 0.799. The van der Waals surface area contributed by atoms with Gasteiger partial charge in [0.15, 0.2) is 0 Å². The van der Waals surface area contributed by atoms with Crippen molar-refractivity contribution in [2.75, 3.05) is 26.7 Å². The molecule has 0 aromatic carbocycles. The van der Waals surface area contributed by atoms with Crippen LogP contribution in [0.25, 0.3) is 0 Å². The Bertz CT molecular complexity index is 109. The van der Waals surface area contributed by atoms with Crippen molar-refractivity contribution in [3.8, 4) is 0 Å². The lowest BCUT2D eigenvalue weighted by Gasteiger charge is -2.25. The summed E-state index contributed by atoms with van der Waals surface area (Å²) < 4.78 is 0. The van der Waals surface area contributed by atoms with E-state index >= 15 is 0 Å². The molecule has 0 aromatic rings. The summed E-state index contributed by atoms with van der Waals surface area (Å²) in [5.74, 6) is 0. The van der Waals surface area contributed by atoms with Crippen LogP contribution in [0.2, 0.25) is 0 Å². The van der Waals surface area contributed by atoms with E-state index in [1.807, 2.05) is 13.8 Å². The lowest BCUT2D eigenvalue weighted by atomic mass is 10.0. The van der Waals surface area contributed by atoms with E-state index in [4.69, 9.17) is 0 Å². The van der Waals surface area contributed by atoms with Crippen LogP contribution < -0.4 is 5.32 Å². The lowest BCUT2D eigenvalue weighted by Crippen LogP contribution is -2.36. The van der Waals surface area contributed by atoms with Crippen molar-refractivity contribution in [3.05, 3.63) is 0 Å². The predicted molar refractivity (Wildman–Crippen MR) is 64.8 cm³/mol. The molecule has 86 valence electrons. The largest absolute Gasteiger partial charge is 0.314 e. The Hall–Kier alpha value is -0.0800. The van der Waals surface area contributed by atoms with Gasteiger partial charge in [-0.1, -0.05) is 27.2 Å². The first-order chi connectivity index (χ1) is 6.83. The molecule has 1 heterocycles. The Morgan fingerprint density at radius 3 is 2.50 bits per heavy atom. The van der Waals surface area contributed by atoms with E-state index in [-0.39, 0.29) is 0 Å². The van der Waals surface area contributed by atoms with Crippen LogP contribution in [-0.2, 0) is 0 Å². The van der Waals surface area contributed by atoms with Crippen molar-refractivity contribution < 1.29 is 0 Å². The molecule has 1 N–H and O–H groups in total. The second-order valence-corrected chi connectivity index (χ2v) is 3.83. The van der Waals surface area contributed by atoms with Gasteiger partial charge < -0.3 is 10.2 Å². The molecule has 0 amide bonds. The van der Waals surface area contributed by atoms with Crippen LogP contribution in [0.3, 0.4) is 0 Å². The zero-order valence-electron chi connectivity index (χ0n) is 10.5. The van der Waals surface area contributed by atoms with Gasteiger partial charge in [0.1, 0.15) is 0 Å². The van der Waals surface area contributed by atoms with Gasteiger partial charge in [0.05, 0.1) is 0 Å². The molecule has 0 bridgehead atoms. The van der Waals surface area contributed by atoms with Crippen LogP contribution in [0.4, 0.5) is 0 Å². The Balaban J connectivity index is 0.000000791. The van der Waals surface area contributed by atoms with E-state index in [0.717, 1.165) is 6.04 Å². The van der Waals surface area contributed by atoms with Crippen LogP contribution in [0.1, 0.15) is 46.5 Å². The Morgan fingerprint density at radius 1 is 1.29 bits per heavy atom. The molecule has 1 atom stereocenters. The zero-order valence-corrected chi connectivity index (χ0v) is 10.5. The quantitative estimate of drug-likeness (QED) is 0.750. The van der Waals surface area contributed by atoms with Crippen molar-refractivity contribution in [3.63, 3.8) is 0 Å². The molecule has 1 fully saturated rings. The van der Waals surface area contributed by atoms with Crippen LogP contribution in [0, 0.1) is 0 Å². The minimum atomic E-state index is 0.799. The highest BCUT2D eigenvalue weighted by atomic mass is 15.1. The van der Waals surface area contributed by atoms with Gasteiger partial charge in [-0.25, -0.2) is 0 Å². The van der Waals surface area contributed by atoms with E-state index in [1.54, 1.807) is 0 Å². The summed E-state index contributed by atoms with van der Waals surface area (Å²) in [6, 6.07) is 0.799. The number of piperidine rings is 1. The Kier molecular flexibility index (Phi) is 9.42. The fourth-order valence-corrected chi connectivity index (χ4v) is 1.70. The second kappa shape index (κ2) is 9.47. The van der Waals surface area contributed by atoms with Gasteiger partial charge in [0.2, 0.25) is 0 Å². The van der Waals surface area contributed by atoms with E-state index in [0.29, 0.717) is 0 Å². The molecule has 14 heavy (non-hydrogen) atoms. The number of hydrogen-bond acceptors (Lipinski definition) is 2. The number of nitrogens with zero attached hydrogens (tertiary/aromatic N) is 1. The molecule has 1 aliphatic rings. The van der Waals surface area contributed by atoms with E-state index in [9.17, 15) is 0 Å². The highest BCUT2D eigenvalue weighted by molar-refractivity contribution is 4.72. The molecule has 2 nitrogen and oxygen atoms in total. The maximum atomic E-state index is 3.57. The highest BCUT2D eigenvalue weighted by Gasteiger charge is 2.11. The minimum Gasteiger partial charge on any atom is -0.314 e. The average molecular weight is 200 g/mol. The molecule has 1 saturated heterocycles. The van der Waals surface area contributed by atoms with Gasteiger partial charge in [-0.05, 0) is 45.9 Å². The summed E-state index contributed by atoms with van der Waals surface area (Å²) in [4.78, 5) is 2.39.